The number of hydrogen-bond acceptors (Lipinski definition) is 2. The summed E-state index contributed by atoms with van der Waals surface area (Å²) in [6.45, 7) is 7.00. The lowest BCUT2D eigenvalue weighted by Crippen LogP contribution is -2.43. The first-order valence-corrected chi connectivity index (χ1v) is 7.71. The zero-order valence-electron chi connectivity index (χ0n) is 12.2. The topological polar surface area (TPSA) is 46.3 Å². The molecule has 1 saturated heterocycles. The molecule has 1 aliphatic rings. The van der Waals surface area contributed by atoms with Crippen LogP contribution < -0.4 is 5.73 Å². The van der Waals surface area contributed by atoms with Crippen molar-refractivity contribution in [3.63, 3.8) is 0 Å². The van der Waals surface area contributed by atoms with Gasteiger partial charge < -0.3 is 10.6 Å². The Morgan fingerprint density at radius 3 is 2.56 bits per heavy atom. The SMILES string of the molecule is CCCC(CCC)C(=O)N1CCCC(CCN)C1. The maximum Gasteiger partial charge on any atom is 0.225 e. The Morgan fingerprint density at radius 1 is 1.33 bits per heavy atom. The van der Waals surface area contributed by atoms with Crippen LogP contribution in [0, 0.1) is 11.8 Å². The van der Waals surface area contributed by atoms with Gasteiger partial charge in [-0.2, -0.15) is 0 Å². The molecule has 1 heterocycles. The molecule has 2 N–H and O–H groups in total. The van der Waals surface area contributed by atoms with Crippen molar-refractivity contribution < 1.29 is 4.79 Å². The molecule has 0 bridgehead atoms. The van der Waals surface area contributed by atoms with E-state index in [1.165, 1.54) is 6.42 Å². The lowest BCUT2D eigenvalue weighted by atomic mass is 9.91. The molecule has 1 fully saturated rings. The fourth-order valence-corrected chi connectivity index (χ4v) is 3.08. The van der Waals surface area contributed by atoms with Gasteiger partial charge >= 0.3 is 0 Å². The predicted octanol–water partition coefficient (Wildman–Crippen LogP) is 2.79. The first-order valence-electron chi connectivity index (χ1n) is 7.71. The predicted molar refractivity (Wildman–Crippen MR) is 76.3 cm³/mol. The molecular formula is C15H30N2O. The highest BCUT2D eigenvalue weighted by Gasteiger charge is 2.27. The van der Waals surface area contributed by atoms with E-state index in [2.05, 4.69) is 18.7 Å². The summed E-state index contributed by atoms with van der Waals surface area (Å²) in [5, 5.41) is 0. The van der Waals surface area contributed by atoms with E-state index in [0.29, 0.717) is 11.8 Å². The molecule has 1 rings (SSSR count). The van der Waals surface area contributed by atoms with E-state index in [1.807, 2.05) is 0 Å². The van der Waals surface area contributed by atoms with Gasteiger partial charge in [0.1, 0.15) is 0 Å². The van der Waals surface area contributed by atoms with Crippen LogP contribution in [0.2, 0.25) is 0 Å². The average Bonchev–Trinajstić information content (AvgIpc) is 2.38. The number of piperidine rings is 1. The second-order valence-electron chi connectivity index (χ2n) is 5.64. The van der Waals surface area contributed by atoms with Gasteiger partial charge in [-0.25, -0.2) is 0 Å². The van der Waals surface area contributed by atoms with Gasteiger partial charge in [0, 0.05) is 19.0 Å². The third kappa shape index (κ3) is 4.60. The van der Waals surface area contributed by atoms with E-state index in [0.717, 1.165) is 58.2 Å². The Balaban J connectivity index is 2.52. The van der Waals surface area contributed by atoms with Gasteiger partial charge in [-0.05, 0) is 44.6 Å². The van der Waals surface area contributed by atoms with Crippen LogP contribution in [-0.4, -0.2) is 30.4 Å². The van der Waals surface area contributed by atoms with Gasteiger partial charge in [0.05, 0.1) is 0 Å². The van der Waals surface area contributed by atoms with Gasteiger partial charge in [0.2, 0.25) is 5.91 Å². The monoisotopic (exact) mass is 254 g/mol. The summed E-state index contributed by atoms with van der Waals surface area (Å²) in [6, 6.07) is 0. The van der Waals surface area contributed by atoms with Crippen molar-refractivity contribution in [2.24, 2.45) is 17.6 Å². The third-order valence-electron chi connectivity index (χ3n) is 4.03. The van der Waals surface area contributed by atoms with E-state index in [-0.39, 0.29) is 5.92 Å². The van der Waals surface area contributed by atoms with Crippen molar-refractivity contribution >= 4 is 5.91 Å². The van der Waals surface area contributed by atoms with E-state index in [1.54, 1.807) is 0 Å². The number of rotatable bonds is 7. The van der Waals surface area contributed by atoms with Gasteiger partial charge in [0.25, 0.3) is 0 Å². The molecule has 18 heavy (non-hydrogen) atoms. The molecule has 0 aliphatic carbocycles. The van der Waals surface area contributed by atoms with Crippen LogP contribution in [0.15, 0.2) is 0 Å². The van der Waals surface area contributed by atoms with Crippen LogP contribution in [0.25, 0.3) is 0 Å². The minimum absolute atomic E-state index is 0.261. The number of carbonyl (C=O) groups excluding carboxylic acids is 1. The van der Waals surface area contributed by atoms with Gasteiger partial charge in [-0.1, -0.05) is 26.7 Å². The first kappa shape index (κ1) is 15.5. The highest BCUT2D eigenvalue weighted by molar-refractivity contribution is 5.78. The van der Waals surface area contributed by atoms with Crippen molar-refractivity contribution in [3.8, 4) is 0 Å². The summed E-state index contributed by atoms with van der Waals surface area (Å²) in [7, 11) is 0. The molecule has 0 aromatic carbocycles. The zero-order valence-corrected chi connectivity index (χ0v) is 12.2. The molecule has 3 nitrogen and oxygen atoms in total. The first-order chi connectivity index (χ1) is 8.72. The van der Waals surface area contributed by atoms with Crippen LogP contribution in [-0.2, 0) is 4.79 Å². The second-order valence-corrected chi connectivity index (χ2v) is 5.64. The number of carbonyl (C=O) groups is 1. The number of nitrogens with two attached hydrogens (primary N) is 1. The van der Waals surface area contributed by atoms with Crippen LogP contribution in [0.4, 0.5) is 0 Å². The van der Waals surface area contributed by atoms with Crippen LogP contribution in [0.5, 0.6) is 0 Å². The zero-order chi connectivity index (χ0) is 13.4. The Labute approximate surface area is 112 Å². The molecule has 3 heteroatoms. The molecule has 0 spiro atoms. The molecule has 0 radical (unpaired) electrons. The van der Waals surface area contributed by atoms with Gasteiger partial charge in [-0.3, -0.25) is 4.79 Å². The summed E-state index contributed by atoms with van der Waals surface area (Å²) in [6.07, 6.45) is 7.77. The molecule has 1 atom stereocenters. The maximum absolute atomic E-state index is 12.5. The fraction of sp³-hybridized carbons (Fsp3) is 0.933. The van der Waals surface area contributed by atoms with Crippen molar-refractivity contribution in [1.82, 2.24) is 4.90 Å². The molecule has 106 valence electrons. The number of likely N-dealkylation sites (tertiary alicyclic amines) is 1. The summed E-state index contributed by atoms with van der Waals surface area (Å²) in [5.74, 6) is 1.30. The number of amides is 1. The largest absolute Gasteiger partial charge is 0.342 e. The van der Waals surface area contributed by atoms with E-state index in [9.17, 15) is 4.79 Å². The summed E-state index contributed by atoms with van der Waals surface area (Å²) in [5.41, 5.74) is 5.63. The molecule has 1 amide bonds. The van der Waals surface area contributed by atoms with Gasteiger partial charge in [-0.15, -0.1) is 0 Å². The van der Waals surface area contributed by atoms with Crippen molar-refractivity contribution in [1.29, 1.82) is 0 Å². The lowest BCUT2D eigenvalue weighted by Gasteiger charge is -2.35. The molecule has 1 aliphatic heterocycles. The Kier molecular flexibility index (Phi) is 7.33. The normalized spacial score (nSPS) is 20.4. The second kappa shape index (κ2) is 8.52. The number of nitrogens with zero attached hydrogens (tertiary/aromatic N) is 1. The van der Waals surface area contributed by atoms with Gasteiger partial charge in [0.15, 0.2) is 0 Å². The summed E-state index contributed by atoms with van der Waals surface area (Å²) in [4.78, 5) is 14.6. The van der Waals surface area contributed by atoms with Crippen molar-refractivity contribution in [2.75, 3.05) is 19.6 Å². The molecule has 0 aromatic rings. The minimum Gasteiger partial charge on any atom is -0.342 e. The minimum atomic E-state index is 0.261. The number of hydrogen-bond donors (Lipinski definition) is 1. The van der Waals surface area contributed by atoms with Crippen molar-refractivity contribution in [2.45, 2.75) is 58.8 Å². The van der Waals surface area contributed by atoms with E-state index < -0.39 is 0 Å². The Bertz CT molecular complexity index is 235. The standard InChI is InChI=1S/C15H30N2O/c1-3-6-14(7-4-2)15(18)17-11-5-8-13(12-17)9-10-16/h13-14H,3-12,16H2,1-2H3. The smallest absolute Gasteiger partial charge is 0.225 e. The molecule has 0 saturated carbocycles. The van der Waals surface area contributed by atoms with Crippen LogP contribution >= 0.6 is 0 Å². The summed E-state index contributed by atoms with van der Waals surface area (Å²) < 4.78 is 0. The Morgan fingerprint density at radius 2 is 2.00 bits per heavy atom. The van der Waals surface area contributed by atoms with E-state index in [4.69, 9.17) is 5.73 Å². The molecular weight excluding hydrogens is 224 g/mol. The van der Waals surface area contributed by atoms with E-state index >= 15 is 0 Å². The maximum atomic E-state index is 12.5. The highest BCUT2D eigenvalue weighted by Crippen LogP contribution is 2.23. The molecule has 0 aromatic heterocycles. The Hall–Kier alpha value is -0.570. The average molecular weight is 254 g/mol. The van der Waals surface area contributed by atoms with Crippen LogP contribution in [0.3, 0.4) is 0 Å². The van der Waals surface area contributed by atoms with Crippen LogP contribution in [0.1, 0.15) is 58.8 Å². The quantitative estimate of drug-likeness (QED) is 0.759. The van der Waals surface area contributed by atoms with Crippen molar-refractivity contribution in [3.05, 3.63) is 0 Å². The highest BCUT2D eigenvalue weighted by atomic mass is 16.2. The summed E-state index contributed by atoms with van der Waals surface area (Å²) >= 11 is 0. The lowest BCUT2D eigenvalue weighted by molar-refractivity contribution is -0.138. The third-order valence-corrected chi connectivity index (χ3v) is 4.03. The molecule has 1 unspecified atom stereocenters. The fourth-order valence-electron chi connectivity index (χ4n) is 3.08.